The van der Waals surface area contributed by atoms with E-state index in [-0.39, 0.29) is 52.3 Å². The van der Waals surface area contributed by atoms with Crippen LogP contribution in [0.3, 0.4) is 0 Å². The van der Waals surface area contributed by atoms with Crippen LogP contribution in [0.5, 0.6) is 17.5 Å². The highest BCUT2D eigenvalue weighted by Crippen LogP contribution is 2.49. The van der Waals surface area contributed by atoms with Crippen LogP contribution in [0.1, 0.15) is 52.9 Å². The van der Waals surface area contributed by atoms with Crippen LogP contribution in [0.4, 0.5) is 19.4 Å². The maximum Gasteiger partial charge on any atom is 0.410 e. The fourth-order valence-corrected chi connectivity index (χ4v) is 7.58. The Kier molecular flexibility index (Phi) is 6.40. The fourth-order valence-electron chi connectivity index (χ4n) is 7.14. The number of ether oxygens (including phenoxy) is 2. The average molecular weight is 639 g/mol. The second kappa shape index (κ2) is 9.66. The lowest BCUT2D eigenvalue weighted by Gasteiger charge is -2.42. The Bertz CT molecular complexity index is 1400. The largest absolute Gasteiger partial charge is 0.461 e. The molecule has 5 aliphatic heterocycles. The van der Waals surface area contributed by atoms with Gasteiger partial charge in [0.2, 0.25) is 11.5 Å². The number of alkyl halides is 1. The van der Waals surface area contributed by atoms with Gasteiger partial charge >= 0.3 is 12.1 Å². The Hall–Kier alpha value is -2.71. The molecule has 4 atom stereocenters. The molecule has 11 nitrogen and oxygen atoms in total. The lowest BCUT2D eigenvalue weighted by molar-refractivity contribution is 0.0122. The van der Waals surface area contributed by atoms with Crippen LogP contribution in [0, 0.1) is 5.82 Å². The van der Waals surface area contributed by atoms with Crippen molar-refractivity contribution in [3.05, 3.63) is 10.3 Å². The minimum absolute atomic E-state index is 0.00979. The first-order valence-corrected chi connectivity index (χ1v) is 14.9. The number of hydrogen-bond acceptors (Lipinski definition) is 10. The van der Waals surface area contributed by atoms with E-state index in [9.17, 15) is 9.18 Å². The first-order valence-electron chi connectivity index (χ1n) is 14.1. The van der Waals surface area contributed by atoms with Gasteiger partial charge in [0, 0.05) is 31.7 Å². The van der Waals surface area contributed by atoms with Crippen LogP contribution in [0.15, 0.2) is 4.47 Å². The topological polar surface area (TPSA) is 102 Å². The van der Waals surface area contributed by atoms with Crippen molar-refractivity contribution in [1.82, 2.24) is 25.4 Å². The summed E-state index contributed by atoms with van der Waals surface area (Å²) in [5.74, 6) is 0.203. The van der Waals surface area contributed by atoms with Gasteiger partial charge in [0.25, 0.3) is 0 Å². The van der Waals surface area contributed by atoms with E-state index in [1.807, 2.05) is 30.6 Å². The summed E-state index contributed by atoms with van der Waals surface area (Å²) < 4.78 is 42.1. The van der Waals surface area contributed by atoms with Gasteiger partial charge < -0.3 is 24.0 Å². The van der Waals surface area contributed by atoms with E-state index >= 15 is 4.39 Å². The molecule has 0 spiro atoms. The number of nitrogens with one attached hydrogen (secondary N) is 1. The van der Waals surface area contributed by atoms with Crippen LogP contribution in [-0.2, 0) is 4.74 Å². The zero-order valence-corrected chi connectivity index (χ0v) is 24.8. The molecule has 2 aromatic rings. The van der Waals surface area contributed by atoms with Crippen molar-refractivity contribution in [1.29, 1.82) is 0 Å². The van der Waals surface area contributed by atoms with E-state index in [0.29, 0.717) is 37.3 Å². The van der Waals surface area contributed by atoms with Crippen LogP contribution in [0.2, 0.25) is 0 Å². The molecule has 222 valence electrons. The van der Waals surface area contributed by atoms with Gasteiger partial charge in [0.15, 0.2) is 5.82 Å². The molecule has 41 heavy (non-hydrogen) atoms. The molecule has 4 saturated heterocycles. The van der Waals surface area contributed by atoms with E-state index in [0.717, 1.165) is 32.2 Å². The van der Waals surface area contributed by atoms with Crippen molar-refractivity contribution in [3.63, 3.8) is 0 Å². The number of benzene rings is 1. The monoisotopic (exact) mass is 638 g/mol. The molecular weight excluding hydrogens is 606 g/mol. The molecule has 0 saturated carbocycles. The summed E-state index contributed by atoms with van der Waals surface area (Å²) in [4.78, 5) is 39.2. The van der Waals surface area contributed by atoms with Crippen LogP contribution >= 0.6 is 15.9 Å². The van der Waals surface area contributed by atoms with Gasteiger partial charge in [-0.1, -0.05) is 0 Å². The van der Waals surface area contributed by atoms with Gasteiger partial charge in [-0.2, -0.15) is 9.97 Å². The lowest BCUT2D eigenvalue weighted by Crippen LogP contribution is -2.57. The predicted molar refractivity (Wildman–Crippen MR) is 147 cm³/mol. The summed E-state index contributed by atoms with van der Waals surface area (Å²) >= 11 is 3.27. The van der Waals surface area contributed by atoms with E-state index < -0.39 is 23.1 Å². The minimum atomic E-state index is -0.899. The number of nitrogens with zero attached hydrogens (tertiary/aromatic N) is 5. The molecule has 2 bridgehead atoms. The number of carbonyl (C=O) groups excluding carboxylic acids is 1. The summed E-state index contributed by atoms with van der Waals surface area (Å²) in [5.41, 5.74) is 1.35. The smallest absolute Gasteiger partial charge is 0.410 e. The number of fused-ring (bicyclic) bond motifs is 6. The molecule has 6 heterocycles. The van der Waals surface area contributed by atoms with Gasteiger partial charge in [-0.15, -0.1) is 0 Å². The molecule has 7 rings (SSSR count). The highest BCUT2D eigenvalue weighted by Gasteiger charge is 2.50. The fraction of sp³-hybridized carbons (Fsp3) is 0.667. The highest BCUT2D eigenvalue weighted by molar-refractivity contribution is 9.10. The molecule has 5 aliphatic rings. The quantitative estimate of drug-likeness (QED) is 0.523. The Balaban J connectivity index is 1.25. The number of carbonyl (C=O) groups is 1. The number of rotatable bonds is 4. The third-order valence-electron chi connectivity index (χ3n) is 8.81. The maximum atomic E-state index is 15.8. The third-order valence-corrected chi connectivity index (χ3v) is 9.52. The Morgan fingerprint density at radius 2 is 1.90 bits per heavy atom. The molecule has 1 N–H and O–H groups in total. The van der Waals surface area contributed by atoms with E-state index in [1.165, 1.54) is 0 Å². The second-order valence-corrected chi connectivity index (χ2v) is 13.5. The summed E-state index contributed by atoms with van der Waals surface area (Å²) in [6.07, 6.45) is 2.60. The SMILES string of the molecule is CC(C)(C)OC(=O)N1[C@@H]2CC[C@H]1CN(c1nc(OC[C@@]34CCCN3C[C@H](F)C4)nc3c(F)c(Br)c4c(c13)ONO4)C2. The first kappa shape index (κ1) is 27.1. The lowest BCUT2D eigenvalue weighted by atomic mass is 9.95. The Morgan fingerprint density at radius 1 is 1.17 bits per heavy atom. The standard InChI is InChI=1S/C27H33BrF2N6O5/c1-26(2,3)39-25(37)36-15-5-6-16(36)12-34(11-15)23-17-20(19(30)18(28)22-21(17)40-33-41-22)31-24(32-23)38-13-27-7-4-8-35(27)10-14(29)9-27/h14-16,33H,4-13H2,1-3H3/t14-,15-,16+,27+/m1/s1. The molecule has 1 aromatic carbocycles. The van der Waals surface area contributed by atoms with Crippen molar-refractivity contribution in [2.24, 2.45) is 0 Å². The van der Waals surface area contributed by atoms with Gasteiger partial charge in [0.1, 0.15) is 34.2 Å². The Morgan fingerprint density at radius 3 is 2.63 bits per heavy atom. The molecule has 1 aromatic heterocycles. The van der Waals surface area contributed by atoms with Gasteiger partial charge in [-0.3, -0.25) is 9.80 Å². The summed E-state index contributed by atoms with van der Waals surface area (Å²) in [7, 11) is 0. The van der Waals surface area contributed by atoms with E-state index in [2.05, 4.69) is 31.5 Å². The number of anilines is 1. The van der Waals surface area contributed by atoms with Gasteiger partial charge in [0.05, 0.1) is 23.0 Å². The maximum absolute atomic E-state index is 15.8. The van der Waals surface area contributed by atoms with E-state index in [1.54, 1.807) is 0 Å². The number of hydrogen-bond donors (Lipinski definition) is 1. The van der Waals surface area contributed by atoms with Crippen molar-refractivity contribution in [3.8, 4) is 17.5 Å². The van der Waals surface area contributed by atoms with Crippen LogP contribution in [0.25, 0.3) is 10.9 Å². The van der Waals surface area contributed by atoms with Crippen molar-refractivity contribution in [2.45, 2.75) is 82.3 Å². The number of amides is 1. The van der Waals surface area contributed by atoms with E-state index in [4.69, 9.17) is 24.1 Å². The van der Waals surface area contributed by atoms with Gasteiger partial charge in [-0.05, 0) is 68.9 Å². The second-order valence-electron chi connectivity index (χ2n) is 12.7. The Labute approximate surface area is 244 Å². The zero-order chi connectivity index (χ0) is 28.7. The molecule has 14 heteroatoms. The van der Waals surface area contributed by atoms with Crippen LogP contribution in [-0.4, -0.2) is 88.0 Å². The number of halogens is 3. The molecule has 0 aliphatic carbocycles. The highest BCUT2D eigenvalue weighted by atomic mass is 79.9. The first-order chi connectivity index (χ1) is 19.5. The molecular formula is C27H33BrF2N6O5. The predicted octanol–water partition coefficient (Wildman–Crippen LogP) is 4.27. The molecule has 1 amide bonds. The van der Waals surface area contributed by atoms with Gasteiger partial charge in [-0.25, -0.2) is 13.6 Å². The normalized spacial score (nSPS) is 29.0. The zero-order valence-electron chi connectivity index (χ0n) is 23.2. The number of aromatic nitrogens is 2. The van der Waals surface area contributed by atoms with Crippen LogP contribution < -0.4 is 25.0 Å². The molecule has 0 radical (unpaired) electrons. The number of piperazine rings is 1. The summed E-state index contributed by atoms with van der Waals surface area (Å²) in [6.45, 7) is 7.92. The molecule has 4 fully saturated rings. The third kappa shape index (κ3) is 4.53. The molecule has 0 unspecified atom stereocenters. The van der Waals surface area contributed by atoms with Crippen molar-refractivity contribution in [2.75, 3.05) is 37.7 Å². The summed E-state index contributed by atoms with van der Waals surface area (Å²) in [5, 5.41) is 0.341. The minimum Gasteiger partial charge on any atom is -0.461 e. The average Bonchev–Trinajstić information content (AvgIpc) is 3.66. The van der Waals surface area contributed by atoms with Crippen molar-refractivity contribution < 1.29 is 32.7 Å². The van der Waals surface area contributed by atoms with Crippen molar-refractivity contribution >= 4 is 38.7 Å². The summed E-state index contributed by atoms with van der Waals surface area (Å²) in [6, 6.07) is -0.198.